The second kappa shape index (κ2) is 4.29. The Morgan fingerprint density at radius 2 is 1.35 bits per heavy atom. The van der Waals surface area contributed by atoms with Gasteiger partial charge in [-0.05, 0) is 40.9 Å². The Labute approximate surface area is 109 Å². The zero-order valence-electron chi connectivity index (χ0n) is 14.6. The molecule has 0 aromatic heterocycles. The molecule has 0 atom stereocenters. The molecule has 0 amide bonds. The fourth-order valence-electron chi connectivity index (χ4n) is 1.62. The molecule has 1 aromatic rings. The highest BCUT2D eigenvalue weighted by Crippen LogP contribution is 2.30. The molecule has 0 aliphatic heterocycles. The van der Waals surface area contributed by atoms with Gasteiger partial charge < -0.3 is 0 Å². The van der Waals surface area contributed by atoms with Crippen LogP contribution in [-0.4, -0.2) is 5.78 Å². The van der Waals surface area contributed by atoms with Gasteiger partial charge in [0.25, 0.3) is 0 Å². The van der Waals surface area contributed by atoms with E-state index in [4.69, 9.17) is 4.11 Å². The molecule has 0 bridgehead atoms. The number of Topliss-reactive ketones (excluding diaryl/α,β-unsaturated/α-hetero) is 1. The number of ketones is 1. The van der Waals surface area contributed by atoms with Gasteiger partial charge in [-0.3, -0.25) is 4.79 Å². The topological polar surface area (TPSA) is 17.1 Å². The summed E-state index contributed by atoms with van der Waals surface area (Å²) < 4.78 is 21.9. The van der Waals surface area contributed by atoms with Crippen molar-refractivity contribution in [3.05, 3.63) is 34.9 Å². The lowest BCUT2D eigenvalue weighted by molar-refractivity contribution is 0.101. The first-order valence-corrected chi connectivity index (χ1v) is 5.94. The number of hydrogen-bond acceptors (Lipinski definition) is 1. The van der Waals surface area contributed by atoms with E-state index in [0.717, 1.165) is 11.1 Å². The molecule has 0 saturated carbocycles. The van der Waals surface area contributed by atoms with E-state index in [-0.39, 0.29) is 16.4 Å². The van der Waals surface area contributed by atoms with Crippen LogP contribution in [0.25, 0.3) is 0 Å². The zero-order valence-corrected chi connectivity index (χ0v) is 11.6. The van der Waals surface area contributed by atoms with Crippen LogP contribution in [-0.2, 0) is 10.8 Å². The smallest absolute Gasteiger partial charge is 0.159 e. The quantitative estimate of drug-likeness (QED) is 0.519. The number of carbonyl (C=O) groups excluding carboxylic acids is 1. The predicted molar refractivity (Wildman–Crippen MR) is 73.8 cm³/mol. The van der Waals surface area contributed by atoms with E-state index in [2.05, 4.69) is 47.6 Å². The average Bonchev–Trinajstić information content (AvgIpc) is 2.23. The summed E-state index contributed by atoms with van der Waals surface area (Å²) in [5.41, 5.74) is 1.98. The van der Waals surface area contributed by atoms with Gasteiger partial charge in [-0.25, -0.2) is 0 Å². The fraction of sp³-hybridized carbons (Fsp3) is 0.562. The fourth-order valence-corrected chi connectivity index (χ4v) is 1.62. The first kappa shape index (κ1) is 9.87. The molecule has 1 rings (SSSR count). The first-order chi connectivity index (χ1) is 8.73. The van der Waals surface area contributed by atoms with Gasteiger partial charge in [0.05, 0.1) is 0 Å². The molecule has 0 spiro atoms. The van der Waals surface area contributed by atoms with Gasteiger partial charge in [0.1, 0.15) is 0 Å². The zero-order chi connectivity index (χ0) is 15.9. The average molecular weight is 236 g/mol. The molecule has 0 saturated heterocycles. The maximum absolute atomic E-state index is 12.1. The largest absolute Gasteiger partial charge is 0.295 e. The van der Waals surface area contributed by atoms with Crippen LogP contribution in [0.3, 0.4) is 0 Å². The Balaban J connectivity index is 3.51. The first-order valence-electron chi connectivity index (χ1n) is 7.44. The summed E-state index contributed by atoms with van der Waals surface area (Å²) in [5.74, 6) is -0.783. The van der Waals surface area contributed by atoms with Crippen molar-refractivity contribution < 1.29 is 8.91 Å². The van der Waals surface area contributed by atoms with Crippen LogP contribution in [0, 0.1) is 0 Å². The van der Waals surface area contributed by atoms with E-state index in [1.165, 1.54) is 0 Å². The molecule has 0 heterocycles. The van der Waals surface area contributed by atoms with Crippen molar-refractivity contribution in [3.63, 3.8) is 0 Å². The minimum atomic E-state index is -2.59. The summed E-state index contributed by atoms with van der Waals surface area (Å²) in [4.78, 5) is 12.1. The van der Waals surface area contributed by atoms with E-state index in [0.29, 0.717) is 0 Å². The van der Waals surface area contributed by atoms with E-state index in [9.17, 15) is 4.79 Å². The summed E-state index contributed by atoms with van der Waals surface area (Å²) in [6.45, 7) is 9.73. The van der Waals surface area contributed by atoms with Crippen LogP contribution in [0.2, 0.25) is 0 Å². The molecule has 17 heavy (non-hydrogen) atoms. The molecule has 0 aliphatic carbocycles. The minimum Gasteiger partial charge on any atom is -0.295 e. The lowest BCUT2D eigenvalue weighted by Gasteiger charge is -2.25. The summed E-state index contributed by atoms with van der Waals surface area (Å²) in [6, 6.07) is 5.49. The van der Waals surface area contributed by atoms with E-state index in [1.807, 2.05) is 0 Å². The Kier molecular flexibility index (Phi) is 2.49. The lowest BCUT2D eigenvalue weighted by atomic mass is 9.79. The third-order valence-electron chi connectivity index (χ3n) is 2.93. The number of carbonyl (C=O) groups is 1. The van der Waals surface area contributed by atoms with Crippen molar-refractivity contribution >= 4 is 5.78 Å². The molecule has 1 aromatic carbocycles. The Bertz CT molecular complexity index is 482. The minimum absolute atomic E-state index is 0.134. The molecular weight excluding hydrogens is 209 g/mol. The Morgan fingerprint density at radius 3 is 1.65 bits per heavy atom. The summed E-state index contributed by atoms with van der Waals surface area (Å²) in [6.07, 6.45) is 0. The SMILES string of the molecule is [2H][13C]([2H])([2H])C(=O)c1cc(C(C)(C)C)cc(C(C)(C)C)c1. The van der Waals surface area contributed by atoms with Gasteiger partial charge in [0, 0.05) is 9.68 Å². The van der Waals surface area contributed by atoms with Crippen molar-refractivity contribution in [1.82, 2.24) is 0 Å². The lowest BCUT2D eigenvalue weighted by Crippen LogP contribution is -2.17. The van der Waals surface area contributed by atoms with Gasteiger partial charge in [0.15, 0.2) is 5.78 Å². The normalized spacial score (nSPS) is 16.0. The molecule has 0 fully saturated rings. The highest BCUT2D eigenvalue weighted by atomic mass is 16.1. The van der Waals surface area contributed by atoms with Crippen molar-refractivity contribution in [1.29, 1.82) is 0 Å². The van der Waals surface area contributed by atoms with Gasteiger partial charge in [0.2, 0.25) is 0 Å². The third kappa shape index (κ3) is 3.42. The van der Waals surface area contributed by atoms with Gasteiger partial charge in [-0.2, -0.15) is 0 Å². The van der Waals surface area contributed by atoms with E-state index in [1.54, 1.807) is 12.1 Å². The van der Waals surface area contributed by atoms with Gasteiger partial charge in [-0.1, -0.05) is 47.6 Å². The maximum Gasteiger partial charge on any atom is 0.159 e. The molecule has 0 aliphatic rings. The monoisotopic (exact) mass is 236 g/mol. The Hall–Kier alpha value is -1.11. The van der Waals surface area contributed by atoms with Crippen LogP contribution < -0.4 is 0 Å². The number of benzene rings is 1. The molecular formula is C16H24O. The van der Waals surface area contributed by atoms with Crippen LogP contribution >= 0.6 is 0 Å². The van der Waals surface area contributed by atoms with Crippen LogP contribution in [0.1, 0.15) is 74.0 Å². The Morgan fingerprint density at radius 1 is 0.941 bits per heavy atom. The van der Waals surface area contributed by atoms with Crippen molar-refractivity contribution in [2.45, 2.75) is 59.2 Å². The molecule has 94 valence electrons. The number of rotatable bonds is 1. The van der Waals surface area contributed by atoms with Crippen LogP contribution in [0.5, 0.6) is 0 Å². The second-order valence-electron chi connectivity index (χ2n) is 6.63. The van der Waals surface area contributed by atoms with Crippen molar-refractivity contribution in [2.75, 3.05) is 0 Å². The molecule has 1 heteroatoms. The molecule has 1 nitrogen and oxygen atoms in total. The molecule has 0 radical (unpaired) electrons. The summed E-state index contributed by atoms with van der Waals surface area (Å²) in [5, 5.41) is 0. The van der Waals surface area contributed by atoms with E-state index < -0.39 is 12.6 Å². The highest BCUT2D eigenvalue weighted by Gasteiger charge is 2.21. The summed E-state index contributed by atoms with van der Waals surface area (Å²) >= 11 is 0. The van der Waals surface area contributed by atoms with Crippen LogP contribution in [0.15, 0.2) is 18.2 Å². The van der Waals surface area contributed by atoms with Gasteiger partial charge in [-0.15, -0.1) is 0 Å². The predicted octanol–water partition coefficient (Wildman–Crippen LogP) is 4.48. The van der Waals surface area contributed by atoms with Gasteiger partial charge >= 0.3 is 0 Å². The highest BCUT2D eigenvalue weighted by molar-refractivity contribution is 5.94. The third-order valence-corrected chi connectivity index (χ3v) is 2.93. The number of hydrogen-bond donors (Lipinski definition) is 0. The molecule has 0 unspecified atom stereocenters. The maximum atomic E-state index is 12.1. The van der Waals surface area contributed by atoms with E-state index >= 15 is 0 Å². The second-order valence-corrected chi connectivity index (χ2v) is 6.63. The van der Waals surface area contributed by atoms with Crippen LogP contribution in [0.4, 0.5) is 0 Å². The summed E-state index contributed by atoms with van der Waals surface area (Å²) in [7, 11) is 0. The van der Waals surface area contributed by atoms with Crippen molar-refractivity contribution in [2.24, 2.45) is 0 Å². The molecule has 0 N–H and O–H groups in total. The standard InChI is InChI=1S/C16H24O/c1-11(17)12-8-13(15(2,3)4)10-14(9-12)16(5,6)7/h8-10H,1-7H3/i1+1D3. The van der Waals surface area contributed by atoms with Crippen molar-refractivity contribution in [3.8, 4) is 0 Å².